The third-order valence-corrected chi connectivity index (χ3v) is 2.58. The summed E-state index contributed by atoms with van der Waals surface area (Å²) in [5.41, 5.74) is 0.0522. The van der Waals surface area contributed by atoms with Crippen LogP contribution < -0.4 is 5.46 Å². The normalized spacial score (nSPS) is 11.4. The van der Waals surface area contributed by atoms with E-state index in [1.807, 2.05) is 0 Å². The van der Waals surface area contributed by atoms with E-state index in [1.54, 1.807) is 0 Å². The molecule has 7 heteroatoms. The van der Waals surface area contributed by atoms with Crippen LogP contribution in [0.15, 0.2) is 42.7 Å². The lowest BCUT2D eigenvalue weighted by Gasteiger charge is -2.09. The van der Waals surface area contributed by atoms with Crippen LogP contribution in [0.3, 0.4) is 0 Å². The zero-order valence-corrected chi connectivity index (χ0v) is 9.59. The lowest BCUT2D eigenvalue weighted by atomic mass is 9.80. The minimum atomic E-state index is -4.42. The molecule has 2 rings (SSSR count). The minimum Gasteiger partial charge on any atom is -0.423 e. The molecule has 2 N–H and O–H groups in total. The molecule has 0 aliphatic carbocycles. The first-order chi connectivity index (χ1) is 8.88. The fourth-order valence-electron chi connectivity index (χ4n) is 1.63. The van der Waals surface area contributed by atoms with Gasteiger partial charge in [0.15, 0.2) is 0 Å². The van der Waals surface area contributed by atoms with Crippen LogP contribution in [0.1, 0.15) is 5.56 Å². The molecule has 2 aromatic rings. The van der Waals surface area contributed by atoms with Gasteiger partial charge in [-0.3, -0.25) is 4.98 Å². The van der Waals surface area contributed by atoms with Crippen LogP contribution >= 0.6 is 0 Å². The highest BCUT2D eigenvalue weighted by molar-refractivity contribution is 6.58. The number of pyridine rings is 1. The maximum absolute atomic E-state index is 12.6. The predicted octanol–water partition coefficient (Wildman–Crippen LogP) is 1.45. The molecule has 1 aromatic carbocycles. The number of rotatable bonds is 2. The van der Waals surface area contributed by atoms with Crippen molar-refractivity contribution in [1.29, 1.82) is 0 Å². The molecule has 1 aromatic heterocycles. The van der Waals surface area contributed by atoms with Crippen molar-refractivity contribution >= 4 is 12.6 Å². The summed E-state index contributed by atoms with van der Waals surface area (Å²) in [6.45, 7) is 0. The van der Waals surface area contributed by atoms with E-state index in [9.17, 15) is 13.2 Å². The molecular formula is C12H9BF3NO2. The monoisotopic (exact) mass is 267 g/mol. The number of hydrogen-bond donors (Lipinski definition) is 2. The standard InChI is InChI=1S/C12H9BF3NO2/c14-12(15,16)10-3-1-2-8(4-10)9-5-11(13(18)19)7-17-6-9/h1-7,18-19H. The van der Waals surface area contributed by atoms with Crippen molar-refractivity contribution in [2.75, 3.05) is 0 Å². The van der Waals surface area contributed by atoms with Gasteiger partial charge < -0.3 is 10.0 Å². The molecule has 0 saturated heterocycles. The van der Waals surface area contributed by atoms with E-state index in [1.165, 1.54) is 30.6 Å². The number of hydrogen-bond acceptors (Lipinski definition) is 3. The molecule has 98 valence electrons. The topological polar surface area (TPSA) is 53.4 Å². The number of benzene rings is 1. The first kappa shape index (κ1) is 13.6. The van der Waals surface area contributed by atoms with Gasteiger partial charge in [0.25, 0.3) is 0 Å². The molecule has 0 atom stereocenters. The fraction of sp³-hybridized carbons (Fsp3) is 0.0833. The van der Waals surface area contributed by atoms with Gasteiger partial charge in [0.1, 0.15) is 0 Å². The van der Waals surface area contributed by atoms with E-state index in [0.29, 0.717) is 11.1 Å². The number of halogens is 3. The van der Waals surface area contributed by atoms with E-state index >= 15 is 0 Å². The van der Waals surface area contributed by atoms with Gasteiger partial charge in [-0.2, -0.15) is 13.2 Å². The van der Waals surface area contributed by atoms with Gasteiger partial charge in [0.2, 0.25) is 0 Å². The maximum Gasteiger partial charge on any atom is 0.490 e. The molecule has 0 spiro atoms. The highest BCUT2D eigenvalue weighted by Gasteiger charge is 2.30. The van der Waals surface area contributed by atoms with Crippen LogP contribution in [0.4, 0.5) is 13.2 Å². The Morgan fingerprint density at radius 3 is 2.37 bits per heavy atom. The van der Waals surface area contributed by atoms with E-state index < -0.39 is 18.9 Å². The first-order valence-electron chi connectivity index (χ1n) is 5.36. The second kappa shape index (κ2) is 5.03. The van der Waals surface area contributed by atoms with Crippen LogP contribution in [0.5, 0.6) is 0 Å². The molecule has 0 aliphatic rings. The van der Waals surface area contributed by atoms with Crippen molar-refractivity contribution in [3.63, 3.8) is 0 Å². The second-order valence-corrected chi connectivity index (χ2v) is 3.96. The molecule has 0 aliphatic heterocycles. The summed E-state index contributed by atoms with van der Waals surface area (Å²) in [5, 5.41) is 18.0. The molecule has 0 radical (unpaired) electrons. The Morgan fingerprint density at radius 1 is 1.00 bits per heavy atom. The highest BCUT2D eigenvalue weighted by Crippen LogP contribution is 2.31. The zero-order chi connectivity index (χ0) is 14.0. The quantitative estimate of drug-likeness (QED) is 0.809. The molecule has 19 heavy (non-hydrogen) atoms. The van der Waals surface area contributed by atoms with Gasteiger partial charge in [-0.05, 0) is 23.3 Å². The van der Waals surface area contributed by atoms with Gasteiger partial charge >= 0.3 is 13.3 Å². The summed E-state index contributed by atoms with van der Waals surface area (Å²) in [4.78, 5) is 3.77. The van der Waals surface area contributed by atoms with E-state index in [4.69, 9.17) is 10.0 Å². The van der Waals surface area contributed by atoms with Crippen LogP contribution in [0, 0.1) is 0 Å². The molecular weight excluding hydrogens is 258 g/mol. The fourth-order valence-corrected chi connectivity index (χ4v) is 1.63. The van der Waals surface area contributed by atoms with Crippen molar-refractivity contribution in [3.05, 3.63) is 48.3 Å². The average molecular weight is 267 g/mol. The number of aromatic nitrogens is 1. The Hall–Kier alpha value is -1.86. The Morgan fingerprint density at radius 2 is 1.74 bits per heavy atom. The number of alkyl halides is 3. The average Bonchev–Trinajstić information content (AvgIpc) is 2.38. The number of nitrogens with zero attached hydrogens (tertiary/aromatic N) is 1. The van der Waals surface area contributed by atoms with Gasteiger partial charge in [0.05, 0.1) is 5.56 Å². The summed E-state index contributed by atoms with van der Waals surface area (Å²) < 4.78 is 37.8. The molecule has 0 fully saturated rings. The van der Waals surface area contributed by atoms with E-state index in [2.05, 4.69) is 4.98 Å². The zero-order valence-electron chi connectivity index (χ0n) is 9.59. The highest BCUT2D eigenvalue weighted by atomic mass is 19.4. The Bertz CT molecular complexity index is 587. The molecule has 0 bridgehead atoms. The maximum atomic E-state index is 12.6. The van der Waals surface area contributed by atoms with Crippen molar-refractivity contribution in [2.24, 2.45) is 0 Å². The third kappa shape index (κ3) is 3.13. The van der Waals surface area contributed by atoms with Crippen molar-refractivity contribution < 1.29 is 23.2 Å². The second-order valence-electron chi connectivity index (χ2n) is 3.96. The SMILES string of the molecule is OB(O)c1cncc(-c2cccc(C(F)(F)F)c2)c1. The molecule has 1 heterocycles. The Kier molecular flexibility index (Phi) is 3.59. The summed E-state index contributed by atoms with van der Waals surface area (Å²) >= 11 is 0. The third-order valence-electron chi connectivity index (χ3n) is 2.58. The van der Waals surface area contributed by atoms with Crippen molar-refractivity contribution in [2.45, 2.75) is 6.18 Å². The summed E-state index contributed by atoms with van der Waals surface area (Å²) in [6.07, 6.45) is -1.82. The molecule has 0 saturated carbocycles. The summed E-state index contributed by atoms with van der Waals surface area (Å²) in [6, 6.07) is 6.14. The molecule has 0 unspecified atom stereocenters. The van der Waals surface area contributed by atoms with E-state index in [-0.39, 0.29) is 5.46 Å². The Balaban J connectivity index is 2.45. The van der Waals surface area contributed by atoms with Gasteiger partial charge in [-0.25, -0.2) is 0 Å². The van der Waals surface area contributed by atoms with Crippen LogP contribution in [-0.2, 0) is 6.18 Å². The first-order valence-corrected chi connectivity index (χ1v) is 5.36. The molecule has 3 nitrogen and oxygen atoms in total. The molecule has 0 amide bonds. The lowest BCUT2D eigenvalue weighted by molar-refractivity contribution is -0.137. The van der Waals surface area contributed by atoms with E-state index in [0.717, 1.165) is 12.1 Å². The largest absolute Gasteiger partial charge is 0.490 e. The van der Waals surface area contributed by atoms with Crippen molar-refractivity contribution in [1.82, 2.24) is 4.98 Å². The summed E-state index contributed by atoms with van der Waals surface area (Å²) in [5.74, 6) is 0. The predicted molar refractivity (Wildman–Crippen MR) is 64.5 cm³/mol. The lowest BCUT2D eigenvalue weighted by Crippen LogP contribution is -2.30. The van der Waals surface area contributed by atoms with Crippen LogP contribution in [0.2, 0.25) is 0 Å². The van der Waals surface area contributed by atoms with Gasteiger partial charge in [-0.15, -0.1) is 0 Å². The minimum absolute atomic E-state index is 0.120. The van der Waals surface area contributed by atoms with Gasteiger partial charge in [0, 0.05) is 17.9 Å². The van der Waals surface area contributed by atoms with Crippen LogP contribution in [-0.4, -0.2) is 22.2 Å². The Labute approximate surface area is 107 Å². The summed E-state index contributed by atoms with van der Waals surface area (Å²) in [7, 11) is -1.71. The van der Waals surface area contributed by atoms with Gasteiger partial charge in [-0.1, -0.05) is 18.2 Å². The van der Waals surface area contributed by atoms with Crippen LogP contribution in [0.25, 0.3) is 11.1 Å². The smallest absolute Gasteiger partial charge is 0.423 e. The van der Waals surface area contributed by atoms with Crippen molar-refractivity contribution in [3.8, 4) is 11.1 Å².